The van der Waals surface area contributed by atoms with Crippen molar-refractivity contribution in [2.45, 2.75) is 117 Å². The summed E-state index contributed by atoms with van der Waals surface area (Å²) < 4.78 is 70.2. The first-order chi connectivity index (χ1) is 15.0. The minimum absolute atomic E-state index is 0.114. The average molecular weight is 486 g/mol. The van der Waals surface area contributed by atoms with Crippen molar-refractivity contribution in [3.05, 3.63) is 0 Å². The molecule has 4 nitrogen and oxygen atoms in total. The smallest absolute Gasteiger partial charge is 0.368 e. The summed E-state index contributed by atoms with van der Waals surface area (Å²) in [6.45, 7) is 7.25. The molecule has 0 aromatic heterocycles. The third-order valence-corrected chi connectivity index (χ3v) is 8.92. The second-order valence-electron chi connectivity index (χ2n) is 9.62. The number of halogens is 3. The normalized spacial score (nSPS) is 18.2. The van der Waals surface area contributed by atoms with Gasteiger partial charge in [0.05, 0.1) is 6.26 Å². The van der Waals surface area contributed by atoms with Gasteiger partial charge in [0.15, 0.2) is 6.10 Å². The predicted octanol–water partition coefficient (Wildman–Crippen LogP) is 6.94. The van der Waals surface area contributed by atoms with Gasteiger partial charge in [-0.3, -0.25) is 0 Å². The first kappa shape index (κ1) is 29.7. The molecule has 0 aromatic carbocycles. The monoisotopic (exact) mass is 485 g/mol. The van der Waals surface area contributed by atoms with E-state index in [-0.39, 0.29) is 32.5 Å². The fourth-order valence-corrected chi connectivity index (χ4v) is 5.86. The van der Waals surface area contributed by atoms with Gasteiger partial charge in [-0.1, -0.05) is 78.6 Å². The molecule has 1 saturated heterocycles. The molecule has 0 aromatic rings. The van der Waals surface area contributed by atoms with Crippen LogP contribution in [0, 0.1) is 11.3 Å². The molecule has 1 unspecified atom stereocenters. The van der Waals surface area contributed by atoms with Gasteiger partial charge in [0.1, 0.15) is 0 Å². The highest BCUT2D eigenvalue weighted by molar-refractivity contribution is 7.88. The van der Waals surface area contributed by atoms with Crippen LogP contribution in [0.2, 0.25) is 0 Å². The van der Waals surface area contributed by atoms with Crippen molar-refractivity contribution in [3.63, 3.8) is 0 Å². The van der Waals surface area contributed by atoms with E-state index in [1.54, 1.807) is 0 Å². The summed E-state index contributed by atoms with van der Waals surface area (Å²) in [4.78, 5) is 0. The van der Waals surface area contributed by atoms with Crippen molar-refractivity contribution >= 4 is 10.0 Å². The van der Waals surface area contributed by atoms with Gasteiger partial charge in [0.25, 0.3) is 0 Å². The molecule has 0 bridgehead atoms. The maximum absolute atomic E-state index is 13.5. The van der Waals surface area contributed by atoms with E-state index < -0.39 is 28.2 Å². The van der Waals surface area contributed by atoms with Crippen molar-refractivity contribution in [1.29, 1.82) is 0 Å². The lowest BCUT2D eigenvalue weighted by atomic mass is 9.75. The molecule has 1 fully saturated rings. The first-order valence-electron chi connectivity index (χ1n) is 12.6. The van der Waals surface area contributed by atoms with Gasteiger partial charge in [0.2, 0.25) is 10.0 Å². The molecule has 1 aliphatic heterocycles. The lowest BCUT2D eigenvalue weighted by molar-refractivity contribution is -0.239. The standard InChI is InChI=1S/C24H46F3NO3S/c1-5-23(6-2,7-3)17-13-11-9-8-10-12-14-20-31-22(24(25,26)27)21-15-18-28(19-16-21)32(4,29)30/h21-22H,5-20H2,1-4H3. The number of hydrogen-bond donors (Lipinski definition) is 0. The van der Waals surface area contributed by atoms with E-state index in [9.17, 15) is 21.6 Å². The fraction of sp³-hybridized carbons (Fsp3) is 1.00. The Morgan fingerprint density at radius 1 is 0.875 bits per heavy atom. The van der Waals surface area contributed by atoms with Crippen LogP contribution in [0.1, 0.15) is 104 Å². The third kappa shape index (κ3) is 10.3. The van der Waals surface area contributed by atoms with Crippen LogP contribution >= 0.6 is 0 Å². The first-order valence-corrected chi connectivity index (χ1v) is 14.5. The number of unbranched alkanes of at least 4 members (excludes halogenated alkanes) is 6. The van der Waals surface area contributed by atoms with Gasteiger partial charge in [-0.25, -0.2) is 12.7 Å². The van der Waals surface area contributed by atoms with E-state index >= 15 is 0 Å². The fourth-order valence-electron chi connectivity index (χ4n) is 4.98. The van der Waals surface area contributed by atoms with Crippen molar-refractivity contribution in [2.24, 2.45) is 11.3 Å². The number of rotatable bonds is 16. The van der Waals surface area contributed by atoms with Gasteiger partial charge >= 0.3 is 6.18 Å². The van der Waals surface area contributed by atoms with Crippen molar-refractivity contribution in [2.75, 3.05) is 26.0 Å². The Hall–Kier alpha value is -0.340. The largest absolute Gasteiger partial charge is 0.414 e. The van der Waals surface area contributed by atoms with Gasteiger partial charge in [0, 0.05) is 19.7 Å². The van der Waals surface area contributed by atoms with E-state index in [2.05, 4.69) is 20.8 Å². The second-order valence-corrected chi connectivity index (χ2v) is 11.6. The molecule has 32 heavy (non-hydrogen) atoms. The Balaban J connectivity index is 2.21. The maximum atomic E-state index is 13.5. The molecule has 0 N–H and O–H groups in total. The molecule has 1 atom stereocenters. The van der Waals surface area contributed by atoms with Crippen LogP contribution in [0.4, 0.5) is 13.2 Å². The Bertz CT molecular complexity index is 590. The van der Waals surface area contributed by atoms with Crippen LogP contribution in [-0.4, -0.2) is 51.0 Å². The maximum Gasteiger partial charge on any atom is 0.414 e. The lowest BCUT2D eigenvalue weighted by Crippen LogP contribution is -2.46. The van der Waals surface area contributed by atoms with E-state index in [0.717, 1.165) is 25.5 Å². The van der Waals surface area contributed by atoms with E-state index in [0.29, 0.717) is 11.8 Å². The third-order valence-electron chi connectivity index (χ3n) is 7.62. The highest BCUT2D eigenvalue weighted by Crippen LogP contribution is 2.36. The summed E-state index contributed by atoms with van der Waals surface area (Å²) in [7, 11) is -3.35. The van der Waals surface area contributed by atoms with Crippen LogP contribution in [0.15, 0.2) is 0 Å². The molecule has 0 spiro atoms. The van der Waals surface area contributed by atoms with Crippen LogP contribution in [0.25, 0.3) is 0 Å². The van der Waals surface area contributed by atoms with Crippen LogP contribution in [0.3, 0.4) is 0 Å². The zero-order valence-corrected chi connectivity index (χ0v) is 21.5. The number of sulfonamides is 1. The zero-order chi connectivity index (χ0) is 24.3. The summed E-state index contributed by atoms with van der Waals surface area (Å²) in [5, 5.41) is 0. The summed E-state index contributed by atoms with van der Waals surface area (Å²) in [6.07, 6.45) is 7.69. The molecular weight excluding hydrogens is 439 g/mol. The van der Waals surface area contributed by atoms with E-state index in [1.165, 1.54) is 49.3 Å². The molecule has 0 aliphatic carbocycles. The minimum Gasteiger partial charge on any atom is -0.368 e. The van der Waals surface area contributed by atoms with Crippen LogP contribution in [0.5, 0.6) is 0 Å². The van der Waals surface area contributed by atoms with Crippen LogP contribution < -0.4 is 0 Å². The number of nitrogens with zero attached hydrogens (tertiary/aromatic N) is 1. The van der Waals surface area contributed by atoms with E-state index in [4.69, 9.17) is 4.74 Å². The molecule has 8 heteroatoms. The molecule has 1 heterocycles. The molecule has 1 rings (SSSR count). The van der Waals surface area contributed by atoms with Crippen molar-refractivity contribution in [1.82, 2.24) is 4.31 Å². The van der Waals surface area contributed by atoms with Crippen molar-refractivity contribution < 1.29 is 26.3 Å². The summed E-state index contributed by atoms with van der Waals surface area (Å²) in [5.74, 6) is -0.672. The Kier molecular flexibility index (Phi) is 13.1. The van der Waals surface area contributed by atoms with Gasteiger partial charge in [-0.2, -0.15) is 13.2 Å². The van der Waals surface area contributed by atoms with E-state index in [1.807, 2.05) is 0 Å². The Labute approximate surface area is 194 Å². The summed E-state index contributed by atoms with van der Waals surface area (Å²) in [5.41, 5.74) is 0.508. The topological polar surface area (TPSA) is 46.6 Å². The molecule has 0 radical (unpaired) electrons. The highest BCUT2D eigenvalue weighted by Gasteiger charge is 2.46. The minimum atomic E-state index is -4.41. The molecule has 0 saturated carbocycles. The molecule has 0 amide bonds. The molecule has 1 aliphatic rings. The molecule has 192 valence electrons. The number of ether oxygens (including phenoxy) is 1. The van der Waals surface area contributed by atoms with Crippen molar-refractivity contribution in [3.8, 4) is 0 Å². The summed E-state index contributed by atoms with van der Waals surface area (Å²) >= 11 is 0. The van der Waals surface area contributed by atoms with Crippen LogP contribution in [-0.2, 0) is 14.8 Å². The lowest BCUT2D eigenvalue weighted by Gasteiger charge is -2.35. The zero-order valence-electron chi connectivity index (χ0n) is 20.7. The summed E-state index contributed by atoms with van der Waals surface area (Å²) in [6, 6.07) is 0. The Morgan fingerprint density at radius 3 is 1.78 bits per heavy atom. The Morgan fingerprint density at radius 2 is 1.34 bits per heavy atom. The van der Waals surface area contributed by atoms with Gasteiger partial charge in [-0.05, 0) is 37.0 Å². The number of piperidine rings is 1. The predicted molar refractivity (Wildman–Crippen MR) is 125 cm³/mol. The van der Waals surface area contributed by atoms with Gasteiger partial charge in [-0.15, -0.1) is 0 Å². The second kappa shape index (κ2) is 14.1. The highest BCUT2D eigenvalue weighted by atomic mass is 32.2. The molecular formula is C24H46F3NO3S. The average Bonchev–Trinajstić information content (AvgIpc) is 2.74. The number of alkyl halides is 3. The van der Waals surface area contributed by atoms with Gasteiger partial charge < -0.3 is 4.74 Å². The SMILES string of the molecule is CCC(CC)(CC)CCCCCCCCCOC(C1CCN(S(C)(=O)=O)CC1)C(F)(F)F. The quantitative estimate of drug-likeness (QED) is 0.222. The number of hydrogen-bond acceptors (Lipinski definition) is 3.